The number of hydrogen-bond donors (Lipinski definition) is 7. The Morgan fingerprint density at radius 2 is 0.827 bits per heavy atom. The molecule has 2 rings (SSSR count). The highest BCUT2D eigenvalue weighted by Crippen LogP contribution is 2.27. The SMILES string of the molecule is CCCCCC/C=C\C/C=C\CCCCCCCCCC(=O)OC(COCCCCCCCCCCCCCCCCCCCCCCCCC)COC1OC(COC2OC(CO)C(O)C(O)C2O)C(O)C(O)C1O. The molecule has 0 spiro atoms. The second-order valence-corrected chi connectivity index (χ2v) is 21.9. The van der Waals surface area contributed by atoms with E-state index < -0.39 is 80.7 Å². The molecule has 2 heterocycles. The fourth-order valence-corrected chi connectivity index (χ4v) is 9.97. The van der Waals surface area contributed by atoms with Gasteiger partial charge in [0.05, 0.1) is 26.4 Å². The number of carbonyl (C=O) groups is 1. The van der Waals surface area contributed by atoms with Crippen LogP contribution in [0.3, 0.4) is 0 Å². The lowest BCUT2D eigenvalue weighted by molar-refractivity contribution is -0.332. The summed E-state index contributed by atoms with van der Waals surface area (Å²) in [4.78, 5) is 13.1. The Morgan fingerprint density at radius 1 is 0.440 bits per heavy atom. The summed E-state index contributed by atoms with van der Waals surface area (Å²) in [6.45, 7) is 3.72. The summed E-state index contributed by atoms with van der Waals surface area (Å²) in [7, 11) is 0. The van der Waals surface area contributed by atoms with E-state index in [2.05, 4.69) is 38.2 Å². The molecule has 75 heavy (non-hydrogen) atoms. The molecule has 11 atom stereocenters. The fraction of sp³-hybridized carbons (Fsp3) is 0.918. The monoisotopic (exact) mass is 1070 g/mol. The molecule has 0 aromatic rings. The summed E-state index contributed by atoms with van der Waals surface area (Å²) in [6, 6.07) is 0. The van der Waals surface area contributed by atoms with Crippen LogP contribution in [-0.4, -0.2) is 142 Å². The van der Waals surface area contributed by atoms with Crippen LogP contribution < -0.4 is 0 Å². The highest BCUT2D eigenvalue weighted by atomic mass is 16.7. The smallest absolute Gasteiger partial charge is 0.306 e. The topological polar surface area (TPSA) is 214 Å². The van der Waals surface area contributed by atoms with Gasteiger partial charge < -0.3 is 64.2 Å². The minimum Gasteiger partial charge on any atom is -0.457 e. The number of ether oxygens (including phenoxy) is 6. The second kappa shape index (κ2) is 48.4. The maximum atomic E-state index is 13.1. The first-order chi connectivity index (χ1) is 36.6. The lowest BCUT2D eigenvalue weighted by atomic mass is 9.98. The first-order valence-corrected chi connectivity index (χ1v) is 30.9. The van der Waals surface area contributed by atoms with E-state index in [1.165, 1.54) is 180 Å². The van der Waals surface area contributed by atoms with E-state index in [9.17, 15) is 40.5 Å². The van der Waals surface area contributed by atoms with E-state index in [0.717, 1.165) is 51.4 Å². The van der Waals surface area contributed by atoms with Crippen molar-refractivity contribution in [2.24, 2.45) is 0 Å². The van der Waals surface area contributed by atoms with Gasteiger partial charge in [-0.15, -0.1) is 0 Å². The molecule has 11 unspecified atom stereocenters. The number of unbranched alkanes of at least 4 members (excludes halogenated alkanes) is 33. The van der Waals surface area contributed by atoms with Crippen molar-refractivity contribution in [3.63, 3.8) is 0 Å². The highest BCUT2D eigenvalue weighted by Gasteiger charge is 2.47. The van der Waals surface area contributed by atoms with Crippen molar-refractivity contribution in [1.82, 2.24) is 0 Å². The van der Waals surface area contributed by atoms with Gasteiger partial charge in [-0.3, -0.25) is 4.79 Å². The maximum absolute atomic E-state index is 13.1. The van der Waals surface area contributed by atoms with Gasteiger partial charge in [-0.2, -0.15) is 0 Å². The third kappa shape index (κ3) is 35.0. The van der Waals surface area contributed by atoms with Gasteiger partial charge in [0.25, 0.3) is 0 Å². The van der Waals surface area contributed by atoms with Crippen LogP contribution in [0, 0.1) is 0 Å². The van der Waals surface area contributed by atoms with Crippen LogP contribution >= 0.6 is 0 Å². The van der Waals surface area contributed by atoms with Crippen molar-refractivity contribution in [3.8, 4) is 0 Å². The summed E-state index contributed by atoms with van der Waals surface area (Å²) in [5.41, 5.74) is 0. The van der Waals surface area contributed by atoms with E-state index in [1.807, 2.05) is 0 Å². The zero-order chi connectivity index (χ0) is 54.4. The predicted octanol–water partition coefficient (Wildman–Crippen LogP) is 11.5. The molecule has 0 amide bonds. The van der Waals surface area contributed by atoms with Crippen molar-refractivity contribution in [2.45, 2.75) is 325 Å². The number of aliphatic hydroxyl groups excluding tert-OH is 7. The molecule has 14 heteroatoms. The Bertz CT molecular complexity index is 1330. The van der Waals surface area contributed by atoms with Gasteiger partial charge >= 0.3 is 5.97 Å². The van der Waals surface area contributed by atoms with Crippen molar-refractivity contribution >= 4 is 5.97 Å². The van der Waals surface area contributed by atoms with E-state index >= 15 is 0 Å². The summed E-state index contributed by atoms with van der Waals surface area (Å²) < 4.78 is 34.4. The van der Waals surface area contributed by atoms with Crippen molar-refractivity contribution in [1.29, 1.82) is 0 Å². The fourth-order valence-electron chi connectivity index (χ4n) is 9.97. The Balaban J connectivity index is 1.68. The molecule has 0 aromatic heterocycles. The summed E-state index contributed by atoms with van der Waals surface area (Å²) >= 11 is 0. The largest absolute Gasteiger partial charge is 0.457 e. The molecule has 0 saturated carbocycles. The molecule has 14 nitrogen and oxygen atoms in total. The van der Waals surface area contributed by atoms with E-state index in [0.29, 0.717) is 13.0 Å². The summed E-state index contributed by atoms with van der Waals surface area (Å²) in [5.74, 6) is -0.378. The van der Waals surface area contributed by atoms with Gasteiger partial charge in [0.15, 0.2) is 12.6 Å². The molecule has 0 aromatic carbocycles. The van der Waals surface area contributed by atoms with Gasteiger partial charge in [0.2, 0.25) is 0 Å². The van der Waals surface area contributed by atoms with E-state index in [-0.39, 0.29) is 25.6 Å². The molecule has 7 N–H and O–H groups in total. The summed E-state index contributed by atoms with van der Waals surface area (Å²) in [5, 5.41) is 72.4. The lowest BCUT2D eigenvalue weighted by Gasteiger charge is -2.42. The highest BCUT2D eigenvalue weighted by molar-refractivity contribution is 5.69. The molecule has 442 valence electrons. The van der Waals surface area contributed by atoms with Crippen molar-refractivity contribution in [3.05, 3.63) is 24.3 Å². The maximum Gasteiger partial charge on any atom is 0.306 e. The normalized spacial score (nSPS) is 24.7. The molecule has 2 aliphatic heterocycles. The minimum atomic E-state index is -1.71. The molecule has 2 aliphatic rings. The van der Waals surface area contributed by atoms with Gasteiger partial charge in [0.1, 0.15) is 54.9 Å². The third-order valence-corrected chi connectivity index (χ3v) is 15.0. The molecule has 2 saturated heterocycles. The van der Waals surface area contributed by atoms with Crippen LogP contribution in [0.4, 0.5) is 0 Å². The Morgan fingerprint density at radius 3 is 1.29 bits per heavy atom. The molecule has 0 radical (unpaired) electrons. The van der Waals surface area contributed by atoms with Crippen LogP contribution in [0.15, 0.2) is 24.3 Å². The average molecular weight is 1070 g/mol. The standard InChI is InChI=1S/C61H114O14/c1-3-5-7-9-11-13-15-17-19-21-23-24-25-26-27-29-31-33-35-37-39-41-43-45-70-47-50(73-53(63)44-42-40-38-36-34-32-30-28-22-20-18-16-14-12-10-8-6-4-2)48-71-60-59(69)57(67)55(65)52(75-60)49-72-61-58(68)56(66)54(64)51(46-62)74-61/h14,16,20,22,50-52,54-62,64-69H,3-13,15,17-19,21,23-49H2,1-2H3/b16-14-,22-20-. The van der Waals surface area contributed by atoms with Crippen molar-refractivity contribution < 1.29 is 69.0 Å². The number of aliphatic hydroxyl groups is 7. The molecular weight excluding hydrogens is 957 g/mol. The van der Waals surface area contributed by atoms with Gasteiger partial charge in [-0.1, -0.05) is 231 Å². The van der Waals surface area contributed by atoms with Crippen molar-refractivity contribution in [2.75, 3.05) is 33.0 Å². The Kier molecular flexibility index (Phi) is 44.9. The molecule has 0 bridgehead atoms. The number of esters is 1. The number of allylic oxidation sites excluding steroid dienone is 4. The van der Waals surface area contributed by atoms with E-state index in [4.69, 9.17) is 28.4 Å². The average Bonchev–Trinajstić information content (AvgIpc) is 3.41. The Hall–Kier alpha value is -1.53. The summed E-state index contributed by atoms with van der Waals surface area (Å²) in [6.07, 6.45) is 39.6. The molecule has 2 fully saturated rings. The van der Waals surface area contributed by atoms with Gasteiger partial charge in [-0.05, 0) is 44.9 Å². The zero-order valence-corrected chi connectivity index (χ0v) is 47.6. The van der Waals surface area contributed by atoms with Crippen LogP contribution in [0.5, 0.6) is 0 Å². The predicted molar refractivity (Wildman–Crippen MR) is 298 cm³/mol. The molecule has 0 aliphatic carbocycles. The van der Waals surface area contributed by atoms with Crippen LogP contribution in [-0.2, 0) is 33.2 Å². The van der Waals surface area contributed by atoms with Crippen LogP contribution in [0.25, 0.3) is 0 Å². The van der Waals surface area contributed by atoms with Gasteiger partial charge in [0, 0.05) is 13.0 Å². The molecular formula is C61H114O14. The first-order valence-electron chi connectivity index (χ1n) is 30.9. The third-order valence-electron chi connectivity index (χ3n) is 15.0. The first kappa shape index (κ1) is 69.6. The number of rotatable bonds is 51. The Labute approximate surface area is 456 Å². The van der Waals surface area contributed by atoms with Gasteiger partial charge in [-0.25, -0.2) is 0 Å². The number of hydrogen-bond acceptors (Lipinski definition) is 14. The minimum absolute atomic E-state index is 0.0632. The zero-order valence-electron chi connectivity index (χ0n) is 47.6. The quantitative estimate of drug-likeness (QED) is 0.0172. The lowest BCUT2D eigenvalue weighted by Crippen LogP contribution is -2.61. The van der Waals surface area contributed by atoms with E-state index in [1.54, 1.807) is 0 Å². The van der Waals surface area contributed by atoms with Crippen LogP contribution in [0.1, 0.15) is 258 Å². The second-order valence-electron chi connectivity index (χ2n) is 21.9. The number of carbonyl (C=O) groups excluding carboxylic acids is 1. The van der Waals surface area contributed by atoms with Crippen LogP contribution in [0.2, 0.25) is 0 Å².